The van der Waals surface area contributed by atoms with Crippen molar-refractivity contribution in [2.75, 3.05) is 6.61 Å². The van der Waals surface area contributed by atoms with Crippen molar-refractivity contribution in [2.24, 2.45) is 0 Å². The SMILES string of the molecule is CCCCCCCCCOc1nc(C(F)(F)F)ccc1C#N. The molecule has 1 heterocycles. The third-order valence-corrected chi connectivity index (χ3v) is 3.26. The zero-order valence-electron chi connectivity index (χ0n) is 12.7. The Balaban J connectivity index is 2.43. The Morgan fingerprint density at radius 3 is 2.32 bits per heavy atom. The highest BCUT2D eigenvalue weighted by Crippen LogP contribution is 2.30. The summed E-state index contributed by atoms with van der Waals surface area (Å²) in [5, 5.41) is 8.88. The molecule has 0 N–H and O–H groups in total. The predicted octanol–water partition coefficient (Wildman–Crippen LogP) is 5.10. The largest absolute Gasteiger partial charge is 0.477 e. The van der Waals surface area contributed by atoms with Crippen LogP contribution in [-0.4, -0.2) is 11.6 Å². The van der Waals surface area contributed by atoms with E-state index in [4.69, 9.17) is 10.00 Å². The summed E-state index contributed by atoms with van der Waals surface area (Å²) >= 11 is 0. The van der Waals surface area contributed by atoms with Gasteiger partial charge in [-0.25, -0.2) is 4.98 Å². The molecule has 3 nitrogen and oxygen atoms in total. The summed E-state index contributed by atoms with van der Waals surface area (Å²) in [5.74, 6) is -0.233. The van der Waals surface area contributed by atoms with Crippen molar-refractivity contribution in [1.29, 1.82) is 5.26 Å². The highest BCUT2D eigenvalue weighted by atomic mass is 19.4. The molecular formula is C16H21F3N2O. The standard InChI is InChI=1S/C16H21F3N2O/c1-2-3-4-5-6-7-8-11-22-15-13(12-20)9-10-14(21-15)16(17,18)19/h9-10H,2-8,11H2,1H3. The summed E-state index contributed by atoms with van der Waals surface area (Å²) in [6, 6.07) is 3.68. The Labute approximate surface area is 129 Å². The van der Waals surface area contributed by atoms with Gasteiger partial charge in [-0.3, -0.25) is 0 Å². The molecule has 0 aliphatic rings. The number of pyridine rings is 1. The molecule has 0 aromatic carbocycles. The lowest BCUT2D eigenvalue weighted by Gasteiger charge is -2.10. The second-order valence-electron chi connectivity index (χ2n) is 5.13. The van der Waals surface area contributed by atoms with E-state index in [1.165, 1.54) is 25.7 Å². The Morgan fingerprint density at radius 2 is 1.73 bits per heavy atom. The van der Waals surface area contributed by atoms with E-state index in [-0.39, 0.29) is 18.1 Å². The number of unbranched alkanes of at least 4 members (excludes halogenated alkanes) is 6. The third kappa shape index (κ3) is 6.33. The fourth-order valence-electron chi connectivity index (χ4n) is 2.02. The van der Waals surface area contributed by atoms with Crippen molar-refractivity contribution < 1.29 is 17.9 Å². The highest BCUT2D eigenvalue weighted by molar-refractivity contribution is 5.39. The summed E-state index contributed by atoms with van der Waals surface area (Å²) in [6.07, 6.45) is 3.07. The molecule has 0 atom stereocenters. The molecule has 122 valence electrons. The van der Waals surface area contributed by atoms with Crippen LogP contribution in [0.2, 0.25) is 0 Å². The molecule has 6 heteroatoms. The number of hydrogen-bond acceptors (Lipinski definition) is 3. The first-order chi connectivity index (χ1) is 10.5. The third-order valence-electron chi connectivity index (χ3n) is 3.26. The quantitative estimate of drug-likeness (QED) is 0.596. The van der Waals surface area contributed by atoms with Gasteiger partial charge in [0, 0.05) is 0 Å². The van der Waals surface area contributed by atoms with Crippen LogP contribution in [0.15, 0.2) is 12.1 Å². The molecule has 0 saturated heterocycles. The lowest BCUT2D eigenvalue weighted by Crippen LogP contribution is -2.10. The molecule has 0 amide bonds. The van der Waals surface area contributed by atoms with Crippen LogP contribution in [0.5, 0.6) is 5.88 Å². The maximum absolute atomic E-state index is 12.6. The predicted molar refractivity (Wildman–Crippen MR) is 77.4 cm³/mol. The summed E-state index contributed by atoms with van der Waals surface area (Å²) in [7, 11) is 0. The van der Waals surface area contributed by atoms with Gasteiger partial charge in [0.1, 0.15) is 17.3 Å². The molecule has 1 aromatic rings. The Hall–Kier alpha value is -1.77. The van der Waals surface area contributed by atoms with Crippen molar-refractivity contribution in [2.45, 2.75) is 58.0 Å². The highest BCUT2D eigenvalue weighted by Gasteiger charge is 2.33. The first-order valence-corrected chi connectivity index (χ1v) is 7.60. The average Bonchev–Trinajstić information content (AvgIpc) is 2.48. The first-order valence-electron chi connectivity index (χ1n) is 7.60. The van der Waals surface area contributed by atoms with Gasteiger partial charge in [0.15, 0.2) is 0 Å². The van der Waals surface area contributed by atoms with Crippen LogP contribution in [0.1, 0.15) is 63.1 Å². The Kier molecular flexibility index (Phi) is 7.72. The number of hydrogen-bond donors (Lipinski definition) is 0. The minimum absolute atomic E-state index is 0.0240. The fraction of sp³-hybridized carbons (Fsp3) is 0.625. The average molecular weight is 314 g/mol. The van der Waals surface area contributed by atoms with Gasteiger partial charge in [-0.15, -0.1) is 0 Å². The first kappa shape index (κ1) is 18.3. The number of rotatable bonds is 9. The van der Waals surface area contributed by atoms with E-state index in [9.17, 15) is 13.2 Å². The van der Waals surface area contributed by atoms with Gasteiger partial charge in [-0.1, -0.05) is 45.4 Å². The lowest BCUT2D eigenvalue weighted by molar-refractivity contribution is -0.141. The molecule has 0 aliphatic heterocycles. The zero-order chi connectivity index (χ0) is 16.4. The Bertz CT molecular complexity index is 495. The van der Waals surface area contributed by atoms with Crippen LogP contribution < -0.4 is 4.74 Å². The van der Waals surface area contributed by atoms with Gasteiger partial charge < -0.3 is 4.74 Å². The van der Waals surface area contributed by atoms with Gasteiger partial charge in [0.05, 0.1) is 6.61 Å². The number of ether oxygens (including phenoxy) is 1. The van der Waals surface area contributed by atoms with Crippen molar-refractivity contribution in [3.8, 4) is 11.9 Å². The lowest BCUT2D eigenvalue weighted by atomic mass is 10.1. The molecule has 0 radical (unpaired) electrons. The van der Waals surface area contributed by atoms with E-state index >= 15 is 0 Å². The molecule has 0 spiro atoms. The zero-order valence-corrected chi connectivity index (χ0v) is 12.7. The van der Waals surface area contributed by atoms with Gasteiger partial charge in [0.25, 0.3) is 0 Å². The van der Waals surface area contributed by atoms with Crippen LogP contribution in [0, 0.1) is 11.3 Å². The van der Waals surface area contributed by atoms with Crippen LogP contribution >= 0.6 is 0 Å². The normalized spacial score (nSPS) is 11.2. The summed E-state index contributed by atoms with van der Waals surface area (Å²) in [4.78, 5) is 3.40. The van der Waals surface area contributed by atoms with Crippen molar-refractivity contribution in [3.05, 3.63) is 23.4 Å². The van der Waals surface area contributed by atoms with E-state index in [2.05, 4.69) is 11.9 Å². The monoisotopic (exact) mass is 314 g/mol. The second kappa shape index (κ2) is 9.29. The summed E-state index contributed by atoms with van der Waals surface area (Å²) in [6.45, 7) is 2.43. The molecule has 0 bridgehead atoms. The molecular weight excluding hydrogens is 293 g/mol. The van der Waals surface area contributed by atoms with E-state index in [1.54, 1.807) is 6.07 Å². The van der Waals surface area contributed by atoms with Crippen molar-refractivity contribution >= 4 is 0 Å². The van der Waals surface area contributed by atoms with Crippen LogP contribution in [0.25, 0.3) is 0 Å². The van der Waals surface area contributed by atoms with E-state index in [0.29, 0.717) is 0 Å². The second-order valence-corrected chi connectivity index (χ2v) is 5.13. The Morgan fingerprint density at radius 1 is 1.09 bits per heavy atom. The molecule has 0 unspecified atom stereocenters. The molecule has 0 aliphatic carbocycles. The number of alkyl halides is 3. The number of nitriles is 1. The molecule has 1 rings (SSSR count). The van der Waals surface area contributed by atoms with Gasteiger partial charge >= 0.3 is 6.18 Å². The number of halogens is 3. The van der Waals surface area contributed by atoms with E-state index in [0.717, 1.165) is 31.4 Å². The van der Waals surface area contributed by atoms with Gasteiger partial charge in [-0.05, 0) is 18.6 Å². The topological polar surface area (TPSA) is 45.9 Å². The number of aromatic nitrogens is 1. The smallest absolute Gasteiger partial charge is 0.433 e. The maximum atomic E-state index is 12.6. The fourth-order valence-corrected chi connectivity index (χ4v) is 2.02. The minimum atomic E-state index is -4.54. The van der Waals surface area contributed by atoms with Crippen LogP contribution in [-0.2, 0) is 6.18 Å². The van der Waals surface area contributed by atoms with Gasteiger partial charge in [0.2, 0.25) is 5.88 Å². The van der Waals surface area contributed by atoms with E-state index < -0.39 is 11.9 Å². The number of nitrogens with zero attached hydrogens (tertiary/aromatic N) is 2. The summed E-state index contributed by atoms with van der Waals surface area (Å²) < 4.78 is 43.0. The minimum Gasteiger partial charge on any atom is -0.477 e. The van der Waals surface area contributed by atoms with Gasteiger partial charge in [-0.2, -0.15) is 18.4 Å². The van der Waals surface area contributed by atoms with Crippen LogP contribution in [0.4, 0.5) is 13.2 Å². The maximum Gasteiger partial charge on any atom is 0.433 e. The van der Waals surface area contributed by atoms with Crippen molar-refractivity contribution in [3.63, 3.8) is 0 Å². The molecule has 0 saturated carbocycles. The van der Waals surface area contributed by atoms with E-state index in [1.807, 2.05) is 0 Å². The van der Waals surface area contributed by atoms with Crippen molar-refractivity contribution in [1.82, 2.24) is 4.98 Å². The molecule has 1 aromatic heterocycles. The summed E-state index contributed by atoms with van der Waals surface area (Å²) in [5.41, 5.74) is -1.02. The van der Waals surface area contributed by atoms with Crippen LogP contribution in [0.3, 0.4) is 0 Å². The molecule has 22 heavy (non-hydrogen) atoms. The molecule has 0 fully saturated rings.